The molecule has 0 aliphatic carbocycles. The van der Waals surface area contributed by atoms with Gasteiger partial charge in [-0.3, -0.25) is 0 Å². The number of anilines is 1. The van der Waals surface area contributed by atoms with E-state index in [0.717, 1.165) is 0 Å². The van der Waals surface area contributed by atoms with Gasteiger partial charge in [0.15, 0.2) is 15.6 Å². The highest BCUT2D eigenvalue weighted by atomic mass is 32.2. The van der Waals surface area contributed by atoms with Crippen molar-refractivity contribution in [3.63, 3.8) is 0 Å². The Morgan fingerprint density at radius 1 is 1.28 bits per heavy atom. The molecule has 0 amide bonds. The average molecular weight is 266 g/mol. The van der Waals surface area contributed by atoms with Crippen molar-refractivity contribution in [3.05, 3.63) is 30.0 Å². The van der Waals surface area contributed by atoms with Gasteiger partial charge in [-0.05, 0) is 31.2 Å². The van der Waals surface area contributed by atoms with Gasteiger partial charge in [-0.2, -0.15) is 0 Å². The fourth-order valence-corrected chi connectivity index (χ4v) is 2.45. The molecular formula is C12H14N2O3S. The van der Waals surface area contributed by atoms with Gasteiger partial charge in [0.2, 0.25) is 0 Å². The highest BCUT2D eigenvalue weighted by Gasteiger charge is 2.14. The van der Waals surface area contributed by atoms with Crippen LogP contribution >= 0.6 is 0 Å². The third-order valence-electron chi connectivity index (χ3n) is 2.76. The molecule has 2 N–H and O–H groups in total. The Hall–Kier alpha value is -1.82. The number of nitrogen functional groups attached to an aromatic ring is 1. The highest BCUT2D eigenvalue weighted by molar-refractivity contribution is 7.91. The summed E-state index contributed by atoms with van der Waals surface area (Å²) in [4.78, 5) is 0.295. The van der Waals surface area contributed by atoms with E-state index in [2.05, 4.69) is 5.16 Å². The molecule has 1 aromatic carbocycles. The SMILES string of the molecule is CCS(=O)(=O)c1ccc(-c2onc(C)c2N)cc1. The zero-order chi connectivity index (χ0) is 13.3. The molecule has 1 aromatic heterocycles. The summed E-state index contributed by atoms with van der Waals surface area (Å²) in [6.45, 7) is 3.36. The molecule has 0 aliphatic rings. The van der Waals surface area contributed by atoms with Gasteiger partial charge >= 0.3 is 0 Å². The summed E-state index contributed by atoms with van der Waals surface area (Å²) in [6, 6.07) is 6.43. The fourth-order valence-electron chi connectivity index (χ4n) is 1.57. The summed E-state index contributed by atoms with van der Waals surface area (Å²) >= 11 is 0. The molecule has 1 heterocycles. The van der Waals surface area contributed by atoms with Gasteiger partial charge < -0.3 is 10.3 Å². The zero-order valence-electron chi connectivity index (χ0n) is 10.2. The molecule has 6 heteroatoms. The smallest absolute Gasteiger partial charge is 0.189 e. The normalized spacial score (nSPS) is 11.7. The van der Waals surface area contributed by atoms with Crippen molar-refractivity contribution in [2.24, 2.45) is 0 Å². The van der Waals surface area contributed by atoms with E-state index in [1.807, 2.05) is 0 Å². The highest BCUT2D eigenvalue weighted by Crippen LogP contribution is 2.28. The Bertz CT molecular complexity index is 657. The number of benzene rings is 1. The standard InChI is InChI=1S/C12H14N2O3S/c1-3-18(15,16)10-6-4-9(5-7-10)12-11(13)8(2)14-17-12/h4-7H,3,13H2,1-2H3. The Kier molecular flexibility index (Phi) is 3.13. The quantitative estimate of drug-likeness (QED) is 0.918. The van der Waals surface area contributed by atoms with E-state index in [1.54, 1.807) is 38.1 Å². The minimum absolute atomic E-state index is 0.0793. The first-order valence-corrected chi connectivity index (χ1v) is 7.16. The van der Waals surface area contributed by atoms with Crippen molar-refractivity contribution in [1.29, 1.82) is 0 Å². The van der Waals surface area contributed by atoms with Gasteiger partial charge in [0, 0.05) is 5.56 Å². The monoisotopic (exact) mass is 266 g/mol. The molecule has 0 saturated heterocycles. The molecule has 0 spiro atoms. The molecular weight excluding hydrogens is 252 g/mol. The van der Waals surface area contributed by atoms with E-state index in [0.29, 0.717) is 27.6 Å². The number of sulfone groups is 1. The van der Waals surface area contributed by atoms with Gasteiger partial charge in [-0.15, -0.1) is 0 Å². The first-order valence-electron chi connectivity index (χ1n) is 5.50. The summed E-state index contributed by atoms with van der Waals surface area (Å²) < 4.78 is 28.4. The predicted molar refractivity (Wildman–Crippen MR) is 68.8 cm³/mol. The topological polar surface area (TPSA) is 86.2 Å². The summed E-state index contributed by atoms with van der Waals surface area (Å²) in [6.07, 6.45) is 0. The number of aromatic nitrogens is 1. The van der Waals surface area contributed by atoms with Gasteiger partial charge in [0.25, 0.3) is 0 Å². The Morgan fingerprint density at radius 3 is 2.33 bits per heavy atom. The van der Waals surface area contributed by atoms with E-state index in [9.17, 15) is 8.42 Å². The summed E-state index contributed by atoms with van der Waals surface area (Å²) in [5.74, 6) is 0.545. The van der Waals surface area contributed by atoms with Crippen LogP contribution in [-0.2, 0) is 9.84 Å². The molecule has 2 rings (SSSR count). The molecule has 0 aliphatic heterocycles. The molecule has 96 valence electrons. The Morgan fingerprint density at radius 2 is 1.89 bits per heavy atom. The van der Waals surface area contributed by atoms with Crippen LogP contribution < -0.4 is 5.73 Å². The van der Waals surface area contributed by atoms with Crippen LogP contribution in [0.4, 0.5) is 5.69 Å². The van der Waals surface area contributed by atoms with Crippen molar-refractivity contribution in [2.45, 2.75) is 18.7 Å². The molecule has 0 saturated carbocycles. The maximum atomic E-state index is 11.7. The van der Waals surface area contributed by atoms with Gasteiger partial charge in [0.05, 0.1) is 10.6 Å². The Labute approximate surface area is 106 Å². The van der Waals surface area contributed by atoms with E-state index < -0.39 is 9.84 Å². The van der Waals surface area contributed by atoms with Crippen molar-refractivity contribution < 1.29 is 12.9 Å². The van der Waals surface area contributed by atoms with Gasteiger partial charge in [-0.25, -0.2) is 8.42 Å². The maximum Gasteiger partial charge on any atom is 0.189 e. The molecule has 0 unspecified atom stereocenters. The van der Waals surface area contributed by atoms with Crippen LogP contribution in [-0.4, -0.2) is 19.3 Å². The van der Waals surface area contributed by atoms with E-state index in [4.69, 9.17) is 10.3 Å². The zero-order valence-corrected chi connectivity index (χ0v) is 11.0. The molecule has 0 radical (unpaired) electrons. The first-order chi connectivity index (χ1) is 8.45. The summed E-state index contributed by atoms with van der Waals surface area (Å²) in [5.41, 5.74) is 7.62. The second-order valence-electron chi connectivity index (χ2n) is 3.94. The largest absolute Gasteiger partial charge is 0.394 e. The molecule has 0 fully saturated rings. The second kappa shape index (κ2) is 4.45. The maximum absolute atomic E-state index is 11.7. The lowest BCUT2D eigenvalue weighted by atomic mass is 10.1. The lowest BCUT2D eigenvalue weighted by molar-refractivity contribution is 0.427. The lowest BCUT2D eigenvalue weighted by Gasteiger charge is -2.02. The van der Waals surface area contributed by atoms with Crippen molar-refractivity contribution in [3.8, 4) is 11.3 Å². The van der Waals surface area contributed by atoms with Gasteiger partial charge in [0.1, 0.15) is 11.4 Å². The van der Waals surface area contributed by atoms with Crippen molar-refractivity contribution >= 4 is 15.5 Å². The summed E-state index contributed by atoms with van der Waals surface area (Å²) in [7, 11) is -3.18. The van der Waals surface area contributed by atoms with Crippen LogP contribution in [0.5, 0.6) is 0 Å². The first kappa shape index (κ1) is 12.6. The molecule has 2 aromatic rings. The number of nitrogens with zero attached hydrogens (tertiary/aromatic N) is 1. The molecule has 18 heavy (non-hydrogen) atoms. The second-order valence-corrected chi connectivity index (χ2v) is 6.22. The third kappa shape index (κ3) is 2.11. The van der Waals surface area contributed by atoms with Crippen LogP contribution in [0.15, 0.2) is 33.7 Å². The lowest BCUT2D eigenvalue weighted by Crippen LogP contribution is -2.03. The van der Waals surface area contributed by atoms with E-state index >= 15 is 0 Å². The fraction of sp³-hybridized carbons (Fsp3) is 0.250. The van der Waals surface area contributed by atoms with Crippen molar-refractivity contribution in [2.75, 3.05) is 11.5 Å². The number of aryl methyl sites for hydroxylation is 1. The minimum Gasteiger partial charge on any atom is -0.394 e. The molecule has 0 bridgehead atoms. The van der Waals surface area contributed by atoms with Crippen molar-refractivity contribution in [1.82, 2.24) is 5.16 Å². The third-order valence-corrected chi connectivity index (χ3v) is 4.51. The van der Waals surface area contributed by atoms with Crippen LogP contribution in [0.1, 0.15) is 12.6 Å². The van der Waals surface area contributed by atoms with Gasteiger partial charge in [-0.1, -0.05) is 12.1 Å². The van der Waals surface area contributed by atoms with Crippen LogP contribution in [0, 0.1) is 6.92 Å². The van der Waals surface area contributed by atoms with E-state index in [-0.39, 0.29) is 5.75 Å². The Balaban J connectivity index is 2.43. The average Bonchev–Trinajstić information content (AvgIpc) is 2.70. The van der Waals surface area contributed by atoms with Crippen LogP contribution in [0.3, 0.4) is 0 Å². The number of rotatable bonds is 3. The molecule has 0 atom stereocenters. The van der Waals surface area contributed by atoms with E-state index in [1.165, 1.54) is 0 Å². The minimum atomic E-state index is -3.18. The summed E-state index contributed by atoms with van der Waals surface area (Å²) in [5, 5.41) is 3.76. The number of hydrogen-bond acceptors (Lipinski definition) is 5. The predicted octanol–water partition coefficient (Wildman–Crippen LogP) is 2.03. The number of hydrogen-bond donors (Lipinski definition) is 1. The number of nitrogens with two attached hydrogens (primary N) is 1. The van der Waals surface area contributed by atoms with Crippen LogP contribution in [0.2, 0.25) is 0 Å². The molecule has 5 nitrogen and oxygen atoms in total. The van der Waals surface area contributed by atoms with Crippen LogP contribution in [0.25, 0.3) is 11.3 Å².